The Morgan fingerprint density at radius 1 is 1.38 bits per heavy atom. The van der Waals surface area contributed by atoms with Gasteiger partial charge in [0, 0.05) is 38.1 Å². The Morgan fingerprint density at radius 3 is 2.81 bits per heavy atom. The number of fused-ring (bicyclic) bond motifs is 1. The molecule has 112 valence electrons. The molecule has 0 unspecified atom stereocenters. The summed E-state index contributed by atoms with van der Waals surface area (Å²) in [5.41, 5.74) is 6.57. The minimum Gasteiger partial charge on any atom is -0.397 e. The number of aromatic nitrogens is 2. The molecule has 0 radical (unpaired) electrons. The summed E-state index contributed by atoms with van der Waals surface area (Å²) in [6.45, 7) is 3.66. The third kappa shape index (κ3) is 2.69. The zero-order chi connectivity index (χ0) is 14.8. The molecule has 7 nitrogen and oxygen atoms in total. The first-order valence-corrected chi connectivity index (χ1v) is 7.64. The van der Waals surface area contributed by atoms with Gasteiger partial charge in [-0.15, -0.1) is 16.4 Å². The zero-order valence-corrected chi connectivity index (χ0v) is 12.3. The summed E-state index contributed by atoms with van der Waals surface area (Å²) in [6, 6.07) is 1.78. The molecule has 8 heteroatoms. The molecule has 2 aromatic rings. The molecule has 1 amide bonds. The quantitative estimate of drug-likeness (QED) is 0.830. The Kier molecular flexibility index (Phi) is 4.00. The van der Waals surface area contributed by atoms with Crippen LogP contribution in [0.25, 0.3) is 10.2 Å². The van der Waals surface area contributed by atoms with E-state index in [0.717, 1.165) is 18.5 Å². The number of β-amino-alcohol motifs (C(OH)–C–C–N with tert-alkyl or cyclic N) is 1. The van der Waals surface area contributed by atoms with E-state index in [-0.39, 0.29) is 12.5 Å². The molecule has 21 heavy (non-hydrogen) atoms. The number of hydrogen-bond acceptors (Lipinski definition) is 7. The number of hydrogen-bond donors (Lipinski definition) is 2. The van der Waals surface area contributed by atoms with E-state index in [1.165, 1.54) is 11.3 Å². The molecular weight excluding hydrogens is 290 g/mol. The van der Waals surface area contributed by atoms with Crippen LogP contribution in [0, 0.1) is 0 Å². The molecule has 0 saturated carbocycles. The number of rotatable bonds is 3. The number of piperazine rings is 1. The SMILES string of the molecule is Nc1c(C(=O)N2CCN(CCO)CC2)sc2nnccc12. The second-order valence-electron chi connectivity index (χ2n) is 4.95. The van der Waals surface area contributed by atoms with E-state index in [1.54, 1.807) is 12.3 Å². The van der Waals surface area contributed by atoms with Crippen LogP contribution in [0.1, 0.15) is 9.67 Å². The molecule has 1 aliphatic rings. The Bertz CT molecular complexity index is 651. The number of anilines is 1. The summed E-state index contributed by atoms with van der Waals surface area (Å²) < 4.78 is 0. The minimum atomic E-state index is -0.0425. The van der Waals surface area contributed by atoms with Crippen LogP contribution in [-0.4, -0.2) is 70.3 Å². The van der Waals surface area contributed by atoms with Gasteiger partial charge in [-0.2, -0.15) is 5.10 Å². The first kappa shape index (κ1) is 14.2. The van der Waals surface area contributed by atoms with Gasteiger partial charge in [0.05, 0.1) is 18.5 Å². The van der Waals surface area contributed by atoms with Crippen molar-refractivity contribution in [1.82, 2.24) is 20.0 Å². The molecule has 3 heterocycles. The fourth-order valence-corrected chi connectivity index (χ4v) is 3.50. The van der Waals surface area contributed by atoms with Gasteiger partial charge in [-0.3, -0.25) is 9.69 Å². The third-order valence-corrected chi connectivity index (χ3v) is 4.78. The molecule has 1 fully saturated rings. The standard InChI is InChI=1S/C13H17N5O2S/c14-10-9-1-2-15-16-12(9)21-11(10)13(20)18-5-3-17(4-6-18)7-8-19/h1-2,19H,3-8,14H2. The lowest BCUT2D eigenvalue weighted by molar-refractivity contribution is 0.0620. The van der Waals surface area contributed by atoms with Crippen LogP contribution in [0.3, 0.4) is 0 Å². The van der Waals surface area contributed by atoms with Gasteiger partial charge in [0.15, 0.2) is 0 Å². The minimum absolute atomic E-state index is 0.0425. The van der Waals surface area contributed by atoms with Gasteiger partial charge in [-0.1, -0.05) is 0 Å². The van der Waals surface area contributed by atoms with Crippen molar-refractivity contribution in [2.45, 2.75) is 0 Å². The highest BCUT2D eigenvalue weighted by molar-refractivity contribution is 7.21. The summed E-state index contributed by atoms with van der Waals surface area (Å²) in [5, 5.41) is 17.6. The van der Waals surface area contributed by atoms with Crippen molar-refractivity contribution in [2.24, 2.45) is 0 Å². The molecule has 1 saturated heterocycles. The maximum Gasteiger partial charge on any atom is 0.266 e. The molecule has 0 aromatic carbocycles. The number of amides is 1. The van der Waals surface area contributed by atoms with Crippen molar-refractivity contribution in [3.05, 3.63) is 17.1 Å². The highest BCUT2D eigenvalue weighted by atomic mass is 32.1. The van der Waals surface area contributed by atoms with Crippen LogP contribution < -0.4 is 5.73 Å². The highest BCUT2D eigenvalue weighted by Gasteiger charge is 2.25. The van der Waals surface area contributed by atoms with Gasteiger partial charge < -0.3 is 15.7 Å². The molecular formula is C13H17N5O2S. The molecule has 1 aliphatic heterocycles. The number of carbonyl (C=O) groups excluding carboxylic acids is 1. The van der Waals surface area contributed by atoms with Crippen LogP contribution in [0.5, 0.6) is 0 Å². The first-order valence-electron chi connectivity index (χ1n) is 6.83. The molecule has 2 aromatic heterocycles. The first-order chi connectivity index (χ1) is 10.2. The van der Waals surface area contributed by atoms with E-state index >= 15 is 0 Å². The molecule has 0 atom stereocenters. The Hall–Kier alpha value is -1.77. The molecule has 0 bridgehead atoms. The van der Waals surface area contributed by atoms with Crippen LogP contribution >= 0.6 is 11.3 Å². The van der Waals surface area contributed by atoms with Crippen molar-refractivity contribution < 1.29 is 9.90 Å². The van der Waals surface area contributed by atoms with E-state index in [4.69, 9.17) is 10.8 Å². The molecule has 0 aliphatic carbocycles. The summed E-state index contributed by atoms with van der Waals surface area (Å²) in [6.07, 6.45) is 1.58. The number of nitrogen functional groups attached to an aromatic ring is 1. The monoisotopic (exact) mass is 307 g/mol. The highest BCUT2D eigenvalue weighted by Crippen LogP contribution is 2.32. The van der Waals surface area contributed by atoms with Crippen molar-refractivity contribution in [1.29, 1.82) is 0 Å². The normalized spacial score (nSPS) is 16.5. The Morgan fingerprint density at radius 2 is 2.14 bits per heavy atom. The summed E-state index contributed by atoms with van der Waals surface area (Å²) in [7, 11) is 0. The van der Waals surface area contributed by atoms with Crippen LogP contribution in [0.4, 0.5) is 5.69 Å². The van der Waals surface area contributed by atoms with E-state index in [9.17, 15) is 4.79 Å². The van der Waals surface area contributed by atoms with Crippen molar-refractivity contribution >= 4 is 33.1 Å². The number of aliphatic hydroxyl groups is 1. The predicted octanol–water partition coefficient (Wildman–Crippen LogP) is 0.0236. The van der Waals surface area contributed by atoms with Gasteiger partial charge in [0.25, 0.3) is 5.91 Å². The lowest BCUT2D eigenvalue weighted by Crippen LogP contribution is -2.49. The van der Waals surface area contributed by atoms with E-state index in [0.29, 0.717) is 35.0 Å². The van der Waals surface area contributed by atoms with Gasteiger partial charge >= 0.3 is 0 Å². The van der Waals surface area contributed by atoms with Gasteiger partial charge in [0.2, 0.25) is 0 Å². The van der Waals surface area contributed by atoms with E-state index in [2.05, 4.69) is 15.1 Å². The Labute approximate surface area is 126 Å². The molecule has 0 spiro atoms. The van der Waals surface area contributed by atoms with Crippen molar-refractivity contribution in [3.8, 4) is 0 Å². The number of thiophene rings is 1. The average Bonchev–Trinajstić information content (AvgIpc) is 2.85. The fraction of sp³-hybridized carbons (Fsp3) is 0.462. The maximum absolute atomic E-state index is 12.6. The third-order valence-electron chi connectivity index (χ3n) is 3.69. The smallest absolute Gasteiger partial charge is 0.266 e. The second kappa shape index (κ2) is 5.92. The predicted molar refractivity (Wildman–Crippen MR) is 81.3 cm³/mol. The van der Waals surface area contributed by atoms with Crippen LogP contribution in [-0.2, 0) is 0 Å². The van der Waals surface area contributed by atoms with Gasteiger partial charge in [0.1, 0.15) is 9.71 Å². The summed E-state index contributed by atoms with van der Waals surface area (Å²) in [5.74, 6) is -0.0425. The van der Waals surface area contributed by atoms with Crippen molar-refractivity contribution in [3.63, 3.8) is 0 Å². The summed E-state index contributed by atoms with van der Waals surface area (Å²) >= 11 is 1.29. The van der Waals surface area contributed by atoms with Crippen LogP contribution in [0.2, 0.25) is 0 Å². The molecule has 3 N–H and O–H groups in total. The number of aliphatic hydroxyl groups excluding tert-OH is 1. The topological polar surface area (TPSA) is 95.6 Å². The second-order valence-corrected chi connectivity index (χ2v) is 5.95. The Balaban J connectivity index is 1.77. The maximum atomic E-state index is 12.6. The average molecular weight is 307 g/mol. The van der Waals surface area contributed by atoms with Gasteiger partial charge in [-0.25, -0.2) is 0 Å². The number of nitrogens with zero attached hydrogens (tertiary/aromatic N) is 4. The number of nitrogens with two attached hydrogens (primary N) is 1. The zero-order valence-electron chi connectivity index (χ0n) is 11.5. The van der Waals surface area contributed by atoms with E-state index in [1.807, 2.05) is 4.90 Å². The van der Waals surface area contributed by atoms with Crippen LogP contribution in [0.15, 0.2) is 12.3 Å². The van der Waals surface area contributed by atoms with E-state index < -0.39 is 0 Å². The summed E-state index contributed by atoms with van der Waals surface area (Å²) in [4.78, 5) is 17.8. The lowest BCUT2D eigenvalue weighted by Gasteiger charge is -2.34. The van der Waals surface area contributed by atoms with Gasteiger partial charge in [-0.05, 0) is 6.07 Å². The molecule has 3 rings (SSSR count). The fourth-order valence-electron chi connectivity index (χ4n) is 2.49. The lowest BCUT2D eigenvalue weighted by atomic mass is 10.2. The number of carbonyl (C=O) groups is 1. The largest absolute Gasteiger partial charge is 0.397 e. The van der Waals surface area contributed by atoms with Crippen molar-refractivity contribution in [2.75, 3.05) is 45.1 Å².